The SMILES string of the molecule is CCC1C=NN(/C(=N/S(=O)(=O)c2ccccc2Cl)N2CCN(C)CC2)C1. The first-order valence-electron chi connectivity index (χ1n) is 8.75. The molecule has 2 aliphatic rings. The predicted molar refractivity (Wildman–Crippen MR) is 104 cm³/mol. The molecule has 1 unspecified atom stereocenters. The fourth-order valence-electron chi connectivity index (χ4n) is 2.94. The van der Waals surface area contributed by atoms with Crippen molar-refractivity contribution < 1.29 is 8.42 Å². The largest absolute Gasteiger partial charge is 0.338 e. The smallest absolute Gasteiger partial charge is 0.287 e. The molecule has 0 saturated carbocycles. The molecule has 0 aromatic heterocycles. The van der Waals surface area contributed by atoms with Crippen LogP contribution in [-0.2, 0) is 10.0 Å². The van der Waals surface area contributed by atoms with Crippen molar-refractivity contribution in [1.29, 1.82) is 0 Å². The summed E-state index contributed by atoms with van der Waals surface area (Å²) < 4.78 is 29.9. The monoisotopic (exact) mass is 397 g/mol. The average molecular weight is 398 g/mol. The minimum absolute atomic E-state index is 0.0171. The zero-order valence-corrected chi connectivity index (χ0v) is 16.6. The van der Waals surface area contributed by atoms with Gasteiger partial charge in [-0.15, -0.1) is 4.40 Å². The third-order valence-electron chi connectivity index (χ3n) is 4.68. The fraction of sp³-hybridized carbons (Fsp3) is 0.529. The average Bonchev–Trinajstić information content (AvgIpc) is 3.10. The summed E-state index contributed by atoms with van der Waals surface area (Å²) >= 11 is 6.09. The second kappa shape index (κ2) is 7.94. The maximum Gasteiger partial charge on any atom is 0.287 e. The second-order valence-corrected chi connectivity index (χ2v) is 8.58. The van der Waals surface area contributed by atoms with Crippen molar-refractivity contribution in [3.63, 3.8) is 0 Å². The first kappa shape index (κ1) is 19.1. The summed E-state index contributed by atoms with van der Waals surface area (Å²) in [6.07, 6.45) is 2.82. The highest BCUT2D eigenvalue weighted by molar-refractivity contribution is 7.90. The zero-order valence-electron chi connectivity index (χ0n) is 15.0. The first-order chi connectivity index (χ1) is 12.4. The lowest BCUT2D eigenvalue weighted by atomic mass is 10.1. The molecular weight excluding hydrogens is 374 g/mol. The number of piperazine rings is 1. The summed E-state index contributed by atoms with van der Waals surface area (Å²) in [6, 6.07) is 6.37. The molecule has 26 heavy (non-hydrogen) atoms. The Balaban J connectivity index is 1.96. The number of hydrazone groups is 1. The Hall–Kier alpha value is -1.64. The van der Waals surface area contributed by atoms with Crippen LogP contribution >= 0.6 is 11.6 Å². The third kappa shape index (κ3) is 4.19. The number of halogens is 1. The molecule has 0 spiro atoms. The molecule has 9 heteroatoms. The van der Waals surface area contributed by atoms with Crippen molar-refractivity contribution in [3.05, 3.63) is 29.3 Å². The van der Waals surface area contributed by atoms with Gasteiger partial charge in [0.2, 0.25) is 5.96 Å². The first-order valence-corrected chi connectivity index (χ1v) is 10.6. The lowest BCUT2D eigenvalue weighted by molar-refractivity contribution is 0.197. The second-order valence-electron chi connectivity index (χ2n) is 6.60. The molecular formula is C17H24ClN5O2S. The van der Waals surface area contributed by atoms with E-state index in [-0.39, 0.29) is 9.92 Å². The Morgan fingerprint density at radius 3 is 2.58 bits per heavy atom. The lowest BCUT2D eigenvalue weighted by Crippen LogP contribution is -2.51. The normalized spacial score (nSPS) is 22.3. The maximum atomic E-state index is 12.9. The fourth-order valence-corrected chi connectivity index (χ4v) is 4.46. The van der Waals surface area contributed by atoms with Gasteiger partial charge < -0.3 is 9.80 Å². The Morgan fingerprint density at radius 2 is 1.96 bits per heavy atom. The van der Waals surface area contributed by atoms with Crippen molar-refractivity contribution in [1.82, 2.24) is 14.8 Å². The van der Waals surface area contributed by atoms with E-state index in [0.29, 0.717) is 31.5 Å². The molecule has 1 atom stereocenters. The highest BCUT2D eigenvalue weighted by atomic mass is 35.5. The van der Waals surface area contributed by atoms with Gasteiger partial charge in [0, 0.05) is 38.3 Å². The van der Waals surface area contributed by atoms with Crippen LogP contribution in [0.5, 0.6) is 0 Å². The molecule has 0 radical (unpaired) electrons. The van der Waals surface area contributed by atoms with Gasteiger partial charge in [-0.25, -0.2) is 5.01 Å². The maximum absolute atomic E-state index is 12.9. The molecule has 7 nitrogen and oxygen atoms in total. The molecule has 0 amide bonds. The van der Waals surface area contributed by atoms with Gasteiger partial charge in [0.15, 0.2) is 0 Å². The number of likely N-dealkylation sites (N-methyl/N-ethyl adjacent to an activating group) is 1. The molecule has 2 aliphatic heterocycles. The molecule has 1 fully saturated rings. The van der Waals surface area contributed by atoms with Gasteiger partial charge in [-0.3, -0.25) is 0 Å². The minimum atomic E-state index is -3.93. The number of sulfonamides is 1. The number of nitrogens with zero attached hydrogens (tertiary/aromatic N) is 5. The van der Waals surface area contributed by atoms with Crippen LogP contribution in [0.4, 0.5) is 0 Å². The van der Waals surface area contributed by atoms with E-state index in [1.807, 2.05) is 11.1 Å². The van der Waals surface area contributed by atoms with Crippen LogP contribution in [0.25, 0.3) is 0 Å². The van der Waals surface area contributed by atoms with Crippen LogP contribution < -0.4 is 0 Å². The summed E-state index contributed by atoms with van der Waals surface area (Å²) in [4.78, 5) is 4.21. The van der Waals surface area contributed by atoms with E-state index < -0.39 is 10.0 Å². The van der Waals surface area contributed by atoms with E-state index >= 15 is 0 Å². The van der Waals surface area contributed by atoms with Gasteiger partial charge in [-0.2, -0.15) is 13.5 Å². The summed E-state index contributed by atoms with van der Waals surface area (Å²) in [5.41, 5.74) is 0. The molecule has 0 bridgehead atoms. The van der Waals surface area contributed by atoms with E-state index in [1.165, 1.54) is 6.07 Å². The minimum Gasteiger partial charge on any atom is -0.338 e. The number of benzene rings is 1. The number of hydrogen-bond donors (Lipinski definition) is 0. The van der Waals surface area contributed by atoms with Gasteiger partial charge in [0.05, 0.1) is 11.6 Å². The van der Waals surface area contributed by atoms with Crippen molar-refractivity contribution in [2.45, 2.75) is 18.2 Å². The summed E-state index contributed by atoms with van der Waals surface area (Å²) in [6.45, 7) is 5.83. The third-order valence-corrected chi connectivity index (χ3v) is 6.44. The lowest BCUT2D eigenvalue weighted by Gasteiger charge is -2.36. The molecule has 0 aliphatic carbocycles. The van der Waals surface area contributed by atoms with Gasteiger partial charge in [-0.1, -0.05) is 30.7 Å². The summed E-state index contributed by atoms with van der Waals surface area (Å²) in [5.74, 6) is 0.681. The van der Waals surface area contributed by atoms with Crippen LogP contribution in [0.15, 0.2) is 38.7 Å². The molecule has 142 valence electrons. The molecule has 0 N–H and O–H groups in total. The Morgan fingerprint density at radius 1 is 1.27 bits per heavy atom. The molecule has 1 aromatic rings. The molecule has 1 saturated heterocycles. The Labute approximate surface area is 160 Å². The Kier molecular flexibility index (Phi) is 5.84. The van der Waals surface area contributed by atoms with Crippen molar-refractivity contribution in [3.8, 4) is 0 Å². The molecule has 3 rings (SSSR count). The van der Waals surface area contributed by atoms with E-state index in [9.17, 15) is 8.42 Å². The van der Waals surface area contributed by atoms with Crippen LogP contribution in [-0.4, -0.2) is 75.2 Å². The van der Waals surface area contributed by atoms with Gasteiger partial charge >= 0.3 is 0 Å². The van der Waals surface area contributed by atoms with Crippen LogP contribution in [0.2, 0.25) is 5.02 Å². The van der Waals surface area contributed by atoms with Crippen LogP contribution in [0, 0.1) is 5.92 Å². The Bertz CT molecular complexity index is 803. The highest BCUT2D eigenvalue weighted by Crippen LogP contribution is 2.24. The topological polar surface area (TPSA) is 68.6 Å². The van der Waals surface area contributed by atoms with Crippen molar-refractivity contribution in [2.24, 2.45) is 15.4 Å². The van der Waals surface area contributed by atoms with Gasteiger partial charge in [-0.05, 0) is 25.6 Å². The predicted octanol–water partition coefficient (Wildman–Crippen LogP) is 1.96. The van der Waals surface area contributed by atoms with E-state index in [0.717, 1.165) is 19.5 Å². The summed E-state index contributed by atoms with van der Waals surface area (Å²) in [5, 5.41) is 6.28. The molecule has 1 aromatic carbocycles. The number of hydrogen-bond acceptors (Lipinski definition) is 4. The van der Waals surface area contributed by atoms with E-state index in [4.69, 9.17) is 11.6 Å². The van der Waals surface area contributed by atoms with E-state index in [2.05, 4.69) is 28.4 Å². The van der Waals surface area contributed by atoms with Crippen molar-refractivity contribution >= 4 is 33.8 Å². The van der Waals surface area contributed by atoms with Crippen molar-refractivity contribution in [2.75, 3.05) is 39.8 Å². The quantitative estimate of drug-likeness (QED) is 0.576. The van der Waals surface area contributed by atoms with Gasteiger partial charge in [0.1, 0.15) is 4.90 Å². The number of rotatable bonds is 3. The zero-order chi connectivity index (χ0) is 18.7. The van der Waals surface area contributed by atoms with Gasteiger partial charge in [0.25, 0.3) is 10.0 Å². The van der Waals surface area contributed by atoms with Crippen LogP contribution in [0.1, 0.15) is 13.3 Å². The van der Waals surface area contributed by atoms with Crippen LogP contribution in [0.3, 0.4) is 0 Å². The highest BCUT2D eigenvalue weighted by Gasteiger charge is 2.29. The molecule has 2 heterocycles. The standard InChI is InChI=1S/C17H24ClN5O2S/c1-3-14-12-19-23(13-14)17(22-10-8-21(2)9-11-22)20-26(24,25)16-7-5-4-6-15(16)18/h4-7,12,14H,3,8-11,13H2,1-2H3/b20-17+. The number of guanidine groups is 1. The summed E-state index contributed by atoms with van der Waals surface area (Å²) in [7, 11) is -1.88. The van der Waals surface area contributed by atoms with E-state index in [1.54, 1.807) is 23.2 Å².